The predicted octanol–water partition coefficient (Wildman–Crippen LogP) is 3.38. The van der Waals surface area contributed by atoms with Gasteiger partial charge in [-0.3, -0.25) is 0 Å². The number of rotatable bonds is 2. The molecular formula is C16H17N3. The predicted molar refractivity (Wildman–Crippen MR) is 79.9 cm³/mol. The highest BCUT2D eigenvalue weighted by atomic mass is 15.1. The molecule has 0 aliphatic rings. The summed E-state index contributed by atoms with van der Waals surface area (Å²) in [5.41, 5.74) is 11.2. The minimum Gasteiger partial charge on any atom is -0.399 e. The van der Waals surface area contributed by atoms with Crippen LogP contribution < -0.4 is 5.73 Å². The molecule has 0 unspecified atom stereocenters. The van der Waals surface area contributed by atoms with Crippen LogP contribution in [0.1, 0.15) is 12.5 Å². The Labute approximate surface area is 112 Å². The topological polar surface area (TPSA) is 43.8 Å². The van der Waals surface area contributed by atoms with E-state index in [1.807, 2.05) is 31.3 Å². The van der Waals surface area contributed by atoms with E-state index >= 15 is 0 Å². The SMILES string of the molecule is CCc1cccc2c1nc(-c1cccc(N)c1)n2C. The Kier molecular flexibility index (Phi) is 2.75. The first kappa shape index (κ1) is 11.8. The second-order valence-corrected chi connectivity index (χ2v) is 4.76. The highest BCUT2D eigenvalue weighted by Gasteiger charge is 2.11. The summed E-state index contributed by atoms with van der Waals surface area (Å²) in [5.74, 6) is 0.961. The van der Waals surface area contributed by atoms with Gasteiger partial charge >= 0.3 is 0 Å². The first-order valence-electron chi connectivity index (χ1n) is 6.51. The number of hydrogen-bond donors (Lipinski definition) is 1. The maximum Gasteiger partial charge on any atom is 0.140 e. The summed E-state index contributed by atoms with van der Waals surface area (Å²) in [6.07, 6.45) is 0.991. The third kappa shape index (κ3) is 1.87. The Balaban J connectivity index is 2.28. The van der Waals surface area contributed by atoms with Crippen molar-refractivity contribution in [2.24, 2.45) is 7.05 Å². The molecule has 0 radical (unpaired) electrons. The molecule has 0 aliphatic heterocycles. The van der Waals surface area contributed by atoms with Crippen LogP contribution in [0.2, 0.25) is 0 Å². The lowest BCUT2D eigenvalue weighted by molar-refractivity contribution is 0.959. The van der Waals surface area contributed by atoms with Crippen LogP contribution in [0.5, 0.6) is 0 Å². The summed E-state index contributed by atoms with van der Waals surface area (Å²) in [4.78, 5) is 4.80. The molecule has 0 saturated heterocycles. The van der Waals surface area contributed by atoms with E-state index in [-0.39, 0.29) is 0 Å². The maximum atomic E-state index is 5.86. The molecule has 3 heteroatoms. The summed E-state index contributed by atoms with van der Waals surface area (Å²) in [6.45, 7) is 2.16. The van der Waals surface area contributed by atoms with Gasteiger partial charge in [-0.2, -0.15) is 0 Å². The van der Waals surface area contributed by atoms with Gasteiger partial charge in [0, 0.05) is 18.3 Å². The average molecular weight is 251 g/mol. The van der Waals surface area contributed by atoms with Crippen molar-refractivity contribution in [2.75, 3.05) is 5.73 Å². The number of aryl methyl sites for hydroxylation is 2. The molecule has 2 aromatic carbocycles. The van der Waals surface area contributed by atoms with Crippen LogP contribution in [0.3, 0.4) is 0 Å². The highest BCUT2D eigenvalue weighted by Crippen LogP contribution is 2.26. The fraction of sp³-hybridized carbons (Fsp3) is 0.188. The van der Waals surface area contributed by atoms with Crippen molar-refractivity contribution in [3.63, 3.8) is 0 Å². The van der Waals surface area contributed by atoms with Crippen molar-refractivity contribution in [1.29, 1.82) is 0 Å². The number of nitrogens with two attached hydrogens (primary N) is 1. The van der Waals surface area contributed by atoms with Crippen LogP contribution in [0.4, 0.5) is 5.69 Å². The first-order valence-corrected chi connectivity index (χ1v) is 6.51. The van der Waals surface area contributed by atoms with Gasteiger partial charge in [0.05, 0.1) is 11.0 Å². The minimum atomic E-state index is 0.764. The minimum absolute atomic E-state index is 0.764. The summed E-state index contributed by atoms with van der Waals surface area (Å²) < 4.78 is 2.13. The second-order valence-electron chi connectivity index (χ2n) is 4.76. The molecule has 96 valence electrons. The molecule has 0 aliphatic carbocycles. The van der Waals surface area contributed by atoms with E-state index in [0.29, 0.717) is 0 Å². The van der Waals surface area contributed by atoms with Crippen molar-refractivity contribution in [1.82, 2.24) is 9.55 Å². The first-order chi connectivity index (χ1) is 9.20. The Morgan fingerprint density at radius 3 is 2.68 bits per heavy atom. The van der Waals surface area contributed by atoms with Gasteiger partial charge in [0.2, 0.25) is 0 Å². The molecule has 0 fully saturated rings. The molecule has 3 nitrogen and oxygen atoms in total. The molecule has 0 amide bonds. The molecule has 0 spiro atoms. The fourth-order valence-electron chi connectivity index (χ4n) is 2.49. The van der Waals surface area contributed by atoms with Crippen LogP contribution in [-0.2, 0) is 13.5 Å². The van der Waals surface area contributed by atoms with Crippen molar-refractivity contribution < 1.29 is 0 Å². The molecule has 1 aromatic heterocycles. The van der Waals surface area contributed by atoms with Gasteiger partial charge in [-0.15, -0.1) is 0 Å². The van der Waals surface area contributed by atoms with Crippen LogP contribution in [0.15, 0.2) is 42.5 Å². The fourth-order valence-corrected chi connectivity index (χ4v) is 2.49. The largest absolute Gasteiger partial charge is 0.399 e. The normalized spacial score (nSPS) is 11.1. The van der Waals surface area contributed by atoms with E-state index in [1.54, 1.807) is 0 Å². The lowest BCUT2D eigenvalue weighted by Crippen LogP contribution is -1.93. The van der Waals surface area contributed by atoms with Crippen molar-refractivity contribution in [3.05, 3.63) is 48.0 Å². The monoisotopic (exact) mass is 251 g/mol. The smallest absolute Gasteiger partial charge is 0.140 e. The van der Waals surface area contributed by atoms with Gasteiger partial charge in [-0.1, -0.05) is 31.2 Å². The zero-order valence-electron chi connectivity index (χ0n) is 11.2. The number of aromatic nitrogens is 2. The van der Waals surface area contributed by atoms with E-state index in [2.05, 4.69) is 29.7 Å². The molecule has 3 aromatic rings. The Morgan fingerprint density at radius 2 is 1.95 bits per heavy atom. The summed E-state index contributed by atoms with van der Waals surface area (Å²) in [6, 6.07) is 14.2. The number of para-hydroxylation sites is 1. The summed E-state index contributed by atoms with van der Waals surface area (Å²) in [5, 5.41) is 0. The van der Waals surface area contributed by atoms with Gasteiger partial charge < -0.3 is 10.3 Å². The lowest BCUT2D eigenvalue weighted by Gasteiger charge is -2.03. The molecule has 19 heavy (non-hydrogen) atoms. The zero-order valence-corrected chi connectivity index (χ0v) is 11.2. The molecule has 0 bridgehead atoms. The summed E-state index contributed by atoms with van der Waals surface area (Å²) in [7, 11) is 2.05. The average Bonchev–Trinajstić information content (AvgIpc) is 2.76. The van der Waals surface area contributed by atoms with E-state index < -0.39 is 0 Å². The number of nitrogen functional groups attached to an aromatic ring is 1. The highest BCUT2D eigenvalue weighted by molar-refractivity contribution is 5.83. The van der Waals surface area contributed by atoms with Gasteiger partial charge in [0.1, 0.15) is 5.82 Å². The molecule has 3 rings (SSSR count). The van der Waals surface area contributed by atoms with Crippen LogP contribution in [0.25, 0.3) is 22.4 Å². The van der Waals surface area contributed by atoms with Gasteiger partial charge in [0.15, 0.2) is 0 Å². The number of fused-ring (bicyclic) bond motifs is 1. The maximum absolute atomic E-state index is 5.86. The zero-order chi connectivity index (χ0) is 13.4. The van der Waals surface area contributed by atoms with Crippen molar-refractivity contribution >= 4 is 16.7 Å². The number of imidazole rings is 1. The van der Waals surface area contributed by atoms with Crippen LogP contribution in [-0.4, -0.2) is 9.55 Å². The Bertz CT molecular complexity index is 741. The molecule has 1 heterocycles. The Morgan fingerprint density at radius 1 is 1.16 bits per heavy atom. The quantitative estimate of drug-likeness (QED) is 0.709. The van der Waals surface area contributed by atoms with Crippen molar-refractivity contribution in [2.45, 2.75) is 13.3 Å². The molecule has 0 saturated carbocycles. The Hall–Kier alpha value is -2.29. The standard InChI is InChI=1S/C16H17N3/c1-3-11-6-5-9-14-15(11)18-16(19(14)2)12-7-4-8-13(17)10-12/h4-10H,3,17H2,1-2H3. The third-order valence-electron chi connectivity index (χ3n) is 3.52. The second kappa shape index (κ2) is 4.43. The third-order valence-corrected chi connectivity index (χ3v) is 3.52. The van der Waals surface area contributed by atoms with Crippen LogP contribution >= 0.6 is 0 Å². The van der Waals surface area contributed by atoms with E-state index in [4.69, 9.17) is 10.7 Å². The lowest BCUT2D eigenvalue weighted by atomic mass is 10.1. The van der Waals surface area contributed by atoms with E-state index in [1.165, 1.54) is 5.56 Å². The van der Waals surface area contributed by atoms with Crippen LogP contribution in [0, 0.1) is 0 Å². The van der Waals surface area contributed by atoms with Gasteiger partial charge in [0.25, 0.3) is 0 Å². The van der Waals surface area contributed by atoms with Gasteiger partial charge in [-0.05, 0) is 30.2 Å². The van der Waals surface area contributed by atoms with E-state index in [9.17, 15) is 0 Å². The van der Waals surface area contributed by atoms with E-state index in [0.717, 1.165) is 34.5 Å². The number of hydrogen-bond acceptors (Lipinski definition) is 2. The summed E-state index contributed by atoms with van der Waals surface area (Å²) >= 11 is 0. The number of nitrogens with zero attached hydrogens (tertiary/aromatic N) is 2. The molecule has 2 N–H and O–H groups in total. The van der Waals surface area contributed by atoms with Gasteiger partial charge in [-0.25, -0.2) is 4.98 Å². The molecule has 0 atom stereocenters. The van der Waals surface area contributed by atoms with Crippen molar-refractivity contribution in [3.8, 4) is 11.4 Å². The molecular weight excluding hydrogens is 234 g/mol. The number of benzene rings is 2. The number of anilines is 1.